The molecule has 2 rings (SSSR count). The van der Waals surface area contributed by atoms with Crippen LogP contribution in [0.5, 0.6) is 0 Å². The third kappa shape index (κ3) is 2.85. The number of carbonyl (C=O) groups excluding carboxylic acids is 1. The monoisotopic (exact) mass is 287 g/mol. The summed E-state index contributed by atoms with van der Waals surface area (Å²) in [4.78, 5) is 10.8. The van der Waals surface area contributed by atoms with Crippen LogP contribution < -0.4 is 11.1 Å². The van der Waals surface area contributed by atoms with E-state index < -0.39 is 20.7 Å². The highest BCUT2D eigenvalue weighted by Crippen LogP contribution is 2.21. The number of halogens is 1. The van der Waals surface area contributed by atoms with Gasteiger partial charge in [0, 0.05) is 31.7 Å². The van der Waals surface area contributed by atoms with E-state index in [1.54, 1.807) is 0 Å². The number of sulfonamides is 1. The van der Waals surface area contributed by atoms with Crippen molar-refractivity contribution in [1.29, 1.82) is 0 Å². The molecule has 104 valence electrons. The van der Waals surface area contributed by atoms with Crippen LogP contribution in [-0.4, -0.2) is 38.3 Å². The van der Waals surface area contributed by atoms with Crippen molar-refractivity contribution < 1.29 is 17.6 Å². The number of hydrogen-bond donors (Lipinski definition) is 2. The second kappa shape index (κ2) is 5.14. The lowest BCUT2D eigenvalue weighted by Gasteiger charge is -2.19. The van der Waals surface area contributed by atoms with Gasteiger partial charge < -0.3 is 11.1 Å². The largest absolute Gasteiger partial charge is 0.399 e. The highest BCUT2D eigenvalue weighted by Gasteiger charge is 2.29. The predicted molar refractivity (Wildman–Crippen MR) is 67.2 cm³/mol. The van der Waals surface area contributed by atoms with Crippen molar-refractivity contribution in [1.82, 2.24) is 9.62 Å². The Morgan fingerprint density at radius 3 is 2.74 bits per heavy atom. The molecule has 0 radical (unpaired) electrons. The lowest BCUT2D eigenvalue weighted by Crippen LogP contribution is -2.34. The topological polar surface area (TPSA) is 92.5 Å². The zero-order valence-corrected chi connectivity index (χ0v) is 10.9. The molecule has 6 nitrogen and oxygen atoms in total. The van der Waals surface area contributed by atoms with Gasteiger partial charge in [-0.2, -0.15) is 4.31 Å². The summed E-state index contributed by atoms with van der Waals surface area (Å²) in [6.07, 6.45) is 0.0653. The summed E-state index contributed by atoms with van der Waals surface area (Å²) in [6, 6.07) is 3.44. The first-order valence-electron chi connectivity index (χ1n) is 5.73. The number of benzene rings is 1. The van der Waals surface area contributed by atoms with Gasteiger partial charge in [-0.15, -0.1) is 0 Å². The van der Waals surface area contributed by atoms with Crippen molar-refractivity contribution in [2.24, 2.45) is 0 Å². The number of nitrogens with two attached hydrogens (primary N) is 1. The van der Waals surface area contributed by atoms with Crippen LogP contribution in [-0.2, 0) is 14.8 Å². The summed E-state index contributed by atoms with van der Waals surface area (Å²) in [5, 5.41) is 2.56. The molecule has 1 aliphatic heterocycles. The summed E-state index contributed by atoms with van der Waals surface area (Å²) in [5.41, 5.74) is 5.55. The van der Waals surface area contributed by atoms with Crippen LogP contribution in [0.2, 0.25) is 0 Å². The van der Waals surface area contributed by atoms with E-state index in [0.29, 0.717) is 0 Å². The second-order valence-electron chi connectivity index (χ2n) is 4.19. The smallest absolute Gasteiger partial charge is 0.246 e. The zero-order chi connectivity index (χ0) is 14.0. The van der Waals surface area contributed by atoms with Crippen LogP contribution in [0.15, 0.2) is 23.1 Å². The molecule has 0 aromatic heterocycles. The number of nitrogen functional groups attached to an aromatic ring is 1. The molecule has 1 aromatic carbocycles. The van der Waals surface area contributed by atoms with Crippen molar-refractivity contribution in [3.8, 4) is 0 Å². The van der Waals surface area contributed by atoms with Crippen LogP contribution in [0.1, 0.15) is 6.42 Å². The highest BCUT2D eigenvalue weighted by molar-refractivity contribution is 7.89. The Balaban J connectivity index is 2.33. The molecule has 0 atom stereocenters. The van der Waals surface area contributed by atoms with Crippen molar-refractivity contribution >= 4 is 21.6 Å². The van der Waals surface area contributed by atoms with Crippen LogP contribution >= 0.6 is 0 Å². The molecule has 1 saturated heterocycles. The molecule has 1 amide bonds. The van der Waals surface area contributed by atoms with E-state index in [2.05, 4.69) is 5.32 Å². The van der Waals surface area contributed by atoms with E-state index in [4.69, 9.17) is 5.73 Å². The van der Waals surface area contributed by atoms with E-state index in [-0.39, 0.29) is 37.6 Å². The Labute approximate surface area is 110 Å². The minimum Gasteiger partial charge on any atom is -0.399 e. The van der Waals surface area contributed by atoms with Crippen LogP contribution in [0.25, 0.3) is 0 Å². The Bertz CT molecular complexity index is 603. The second-order valence-corrected chi connectivity index (χ2v) is 6.10. The first kappa shape index (κ1) is 13.8. The number of rotatable bonds is 2. The first-order chi connectivity index (χ1) is 8.91. The van der Waals surface area contributed by atoms with Crippen molar-refractivity contribution in [3.05, 3.63) is 24.0 Å². The van der Waals surface area contributed by atoms with Gasteiger partial charge >= 0.3 is 0 Å². The molecule has 0 saturated carbocycles. The number of nitrogens with one attached hydrogen (secondary N) is 1. The fraction of sp³-hybridized carbons (Fsp3) is 0.364. The third-order valence-electron chi connectivity index (χ3n) is 2.85. The molecule has 0 unspecified atom stereocenters. The maximum atomic E-state index is 13.7. The van der Waals surface area contributed by atoms with Gasteiger partial charge in [0.1, 0.15) is 10.7 Å². The third-order valence-corrected chi connectivity index (χ3v) is 4.78. The molecular formula is C11H14FN3O3S. The average Bonchev–Trinajstić information content (AvgIpc) is 2.53. The molecule has 1 fully saturated rings. The number of amides is 1. The SMILES string of the molecule is Nc1ccc(S(=O)(=O)N2CCNC(=O)CC2)c(F)c1. The molecule has 8 heteroatoms. The van der Waals surface area contributed by atoms with Crippen LogP contribution in [0.3, 0.4) is 0 Å². The van der Waals surface area contributed by atoms with Gasteiger partial charge in [-0.3, -0.25) is 4.79 Å². The highest BCUT2D eigenvalue weighted by atomic mass is 32.2. The van der Waals surface area contributed by atoms with Crippen molar-refractivity contribution in [2.75, 3.05) is 25.4 Å². The van der Waals surface area contributed by atoms with Gasteiger partial charge in [0.15, 0.2) is 0 Å². The number of carbonyl (C=O) groups is 1. The lowest BCUT2D eigenvalue weighted by molar-refractivity contribution is -0.120. The molecule has 0 spiro atoms. The normalized spacial score (nSPS) is 17.8. The minimum absolute atomic E-state index is 0.0397. The number of nitrogens with zero attached hydrogens (tertiary/aromatic N) is 1. The van der Waals surface area contributed by atoms with E-state index >= 15 is 0 Å². The molecule has 1 heterocycles. The van der Waals surface area contributed by atoms with Gasteiger partial charge in [0.25, 0.3) is 0 Å². The summed E-state index contributed by atoms with van der Waals surface area (Å²) in [7, 11) is -3.95. The Morgan fingerprint density at radius 2 is 2.05 bits per heavy atom. The fourth-order valence-electron chi connectivity index (χ4n) is 1.85. The number of hydrogen-bond acceptors (Lipinski definition) is 4. The summed E-state index contributed by atoms with van der Waals surface area (Å²) < 4.78 is 39.4. The molecule has 19 heavy (non-hydrogen) atoms. The lowest BCUT2D eigenvalue weighted by atomic mass is 10.3. The Morgan fingerprint density at radius 1 is 1.32 bits per heavy atom. The van der Waals surface area contributed by atoms with E-state index in [1.165, 1.54) is 6.07 Å². The molecule has 1 aromatic rings. The van der Waals surface area contributed by atoms with E-state index in [1.807, 2.05) is 0 Å². The van der Waals surface area contributed by atoms with Gasteiger partial charge in [-0.25, -0.2) is 12.8 Å². The molecule has 0 bridgehead atoms. The van der Waals surface area contributed by atoms with Crippen LogP contribution in [0, 0.1) is 5.82 Å². The summed E-state index contributed by atoms with van der Waals surface area (Å²) in [5.74, 6) is -1.10. The zero-order valence-electron chi connectivity index (χ0n) is 10.1. The first-order valence-corrected chi connectivity index (χ1v) is 7.17. The minimum atomic E-state index is -3.95. The van der Waals surface area contributed by atoms with Gasteiger partial charge in [0.2, 0.25) is 15.9 Å². The quantitative estimate of drug-likeness (QED) is 0.744. The maximum absolute atomic E-state index is 13.7. The summed E-state index contributed by atoms with van der Waals surface area (Å²) >= 11 is 0. The van der Waals surface area contributed by atoms with Crippen LogP contribution in [0.4, 0.5) is 10.1 Å². The fourth-order valence-corrected chi connectivity index (χ4v) is 3.34. The number of anilines is 1. The Hall–Kier alpha value is -1.67. The summed E-state index contributed by atoms with van der Waals surface area (Å²) in [6.45, 7) is 0.379. The van der Waals surface area contributed by atoms with E-state index in [9.17, 15) is 17.6 Å². The molecule has 1 aliphatic rings. The molecule has 0 aliphatic carbocycles. The standard InChI is InChI=1S/C11H14FN3O3S/c12-9-7-8(13)1-2-10(9)19(17,18)15-5-3-11(16)14-4-6-15/h1-2,7H,3-6,13H2,(H,14,16). The molecule has 3 N–H and O–H groups in total. The average molecular weight is 287 g/mol. The van der Waals surface area contributed by atoms with Crippen molar-refractivity contribution in [2.45, 2.75) is 11.3 Å². The Kier molecular flexibility index (Phi) is 3.72. The maximum Gasteiger partial charge on any atom is 0.246 e. The van der Waals surface area contributed by atoms with Gasteiger partial charge in [0.05, 0.1) is 0 Å². The predicted octanol–water partition coefficient (Wildman–Crippen LogP) is -0.0815. The van der Waals surface area contributed by atoms with Crippen molar-refractivity contribution in [3.63, 3.8) is 0 Å². The van der Waals surface area contributed by atoms with Gasteiger partial charge in [-0.1, -0.05) is 0 Å². The molecular weight excluding hydrogens is 273 g/mol. The van der Waals surface area contributed by atoms with E-state index in [0.717, 1.165) is 16.4 Å². The van der Waals surface area contributed by atoms with Gasteiger partial charge in [-0.05, 0) is 18.2 Å².